The lowest BCUT2D eigenvalue weighted by Gasteiger charge is -2.33. The fraction of sp³-hybridized carbons (Fsp3) is 0.333. The smallest absolute Gasteiger partial charge is 0.177 e. The molecule has 0 amide bonds. The van der Waals surface area contributed by atoms with E-state index in [-0.39, 0.29) is 22.3 Å². The highest BCUT2D eigenvalue weighted by molar-refractivity contribution is 6.33. The Hall–Kier alpha value is -2.45. The third kappa shape index (κ3) is 2.44. The van der Waals surface area contributed by atoms with Crippen LogP contribution in [0.5, 0.6) is 11.5 Å². The average Bonchev–Trinajstić information content (AvgIpc) is 2.56. The number of aromatic hydroxyl groups is 1. The first-order chi connectivity index (χ1) is 11.5. The molecule has 5 nitrogen and oxygen atoms in total. The average molecular weight is 345 g/mol. The van der Waals surface area contributed by atoms with Crippen LogP contribution in [0.25, 0.3) is 0 Å². The molecule has 3 rings (SSSR count). The standard InChI is InChI=1S/C18H17ClN2O3/c1-9-11(8-20)15(16-12(21-9)4-3-5-13(16)22)10-6-7-14(24-2)18(23)17(10)19/h6-7,15,21,23H,3-5H2,1-2H3. The number of benzene rings is 1. The Balaban J connectivity index is 2.24. The second-order valence-corrected chi connectivity index (χ2v) is 6.28. The highest BCUT2D eigenvalue weighted by Crippen LogP contribution is 2.47. The van der Waals surface area contributed by atoms with Crippen molar-refractivity contribution in [2.24, 2.45) is 0 Å². The molecule has 1 unspecified atom stereocenters. The van der Waals surface area contributed by atoms with Crippen molar-refractivity contribution in [2.75, 3.05) is 7.11 Å². The third-order valence-electron chi connectivity index (χ3n) is 4.54. The van der Waals surface area contributed by atoms with Crippen LogP contribution in [0.1, 0.15) is 37.7 Å². The van der Waals surface area contributed by atoms with Gasteiger partial charge in [-0.1, -0.05) is 17.7 Å². The Labute approximate surface area is 145 Å². The first-order valence-corrected chi connectivity index (χ1v) is 8.06. The van der Waals surface area contributed by atoms with Gasteiger partial charge in [0.15, 0.2) is 17.3 Å². The molecule has 124 valence electrons. The van der Waals surface area contributed by atoms with Gasteiger partial charge >= 0.3 is 0 Å². The monoisotopic (exact) mass is 344 g/mol. The number of ketones is 1. The van der Waals surface area contributed by atoms with E-state index in [4.69, 9.17) is 16.3 Å². The number of ether oxygens (including phenoxy) is 1. The molecule has 0 saturated heterocycles. The summed E-state index contributed by atoms with van der Waals surface area (Å²) in [6.45, 7) is 1.81. The van der Waals surface area contributed by atoms with Crippen molar-refractivity contribution in [3.05, 3.63) is 45.3 Å². The molecule has 2 aliphatic rings. The summed E-state index contributed by atoms with van der Waals surface area (Å²) in [5.74, 6) is -0.486. The van der Waals surface area contributed by atoms with Gasteiger partial charge in [-0.05, 0) is 31.4 Å². The van der Waals surface area contributed by atoms with Crippen molar-refractivity contribution in [1.29, 1.82) is 5.26 Å². The first-order valence-electron chi connectivity index (χ1n) is 7.69. The van der Waals surface area contributed by atoms with Crippen molar-refractivity contribution in [1.82, 2.24) is 5.32 Å². The number of nitrogens with one attached hydrogen (secondary N) is 1. The van der Waals surface area contributed by atoms with Crippen LogP contribution in [-0.4, -0.2) is 18.0 Å². The number of hydrogen-bond acceptors (Lipinski definition) is 5. The van der Waals surface area contributed by atoms with Crippen LogP contribution in [0.2, 0.25) is 5.02 Å². The van der Waals surface area contributed by atoms with E-state index in [1.165, 1.54) is 7.11 Å². The Bertz CT molecular complexity index is 833. The lowest BCUT2D eigenvalue weighted by molar-refractivity contribution is -0.116. The number of hydrogen-bond donors (Lipinski definition) is 2. The SMILES string of the molecule is COc1ccc(C2C(C#N)=C(C)NC3=C2C(=O)CCC3)c(Cl)c1O. The number of phenols is 1. The summed E-state index contributed by atoms with van der Waals surface area (Å²) < 4.78 is 5.07. The molecule has 0 radical (unpaired) electrons. The van der Waals surface area contributed by atoms with Gasteiger partial charge < -0.3 is 15.2 Å². The molecule has 0 fully saturated rings. The van der Waals surface area contributed by atoms with Gasteiger partial charge in [-0.15, -0.1) is 0 Å². The lowest BCUT2D eigenvalue weighted by atomic mass is 9.75. The summed E-state index contributed by atoms with van der Waals surface area (Å²) in [7, 11) is 1.44. The van der Waals surface area contributed by atoms with Gasteiger partial charge in [0, 0.05) is 23.4 Å². The van der Waals surface area contributed by atoms with E-state index in [0.717, 1.165) is 18.5 Å². The van der Waals surface area contributed by atoms with Crippen LogP contribution < -0.4 is 10.1 Å². The number of carbonyl (C=O) groups excluding carboxylic acids is 1. The zero-order valence-electron chi connectivity index (χ0n) is 13.4. The zero-order chi connectivity index (χ0) is 17.4. The molecule has 0 aromatic heterocycles. The summed E-state index contributed by atoms with van der Waals surface area (Å²) in [5, 5.41) is 23.1. The highest BCUT2D eigenvalue weighted by Gasteiger charge is 2.37. The minimum Gasteiger partial charge on any atom is -0.503 e. The molecule has 1 aliphatic heterocycles. The minimum atomic E-state index is -0.566. The maximum Gasteiger partial charge on any atom is 0.177 e. The second kappa shape index (κ2) is 6.21. The van der Waals surface area contributed by atoms with Crippen molar-refractivity contribution in [3.63, 3.8) is 0 Å². The Morgan fingerprint density at radius 2 is 2.17 bits per heavy atom. The normalized spacial score (nSPS) is 20.4. The molecule has 1 aromatic rings. The summed E-state index contributed by atoms with van der Waals surface area (Å²) in [4.78, 5) is 12.5. The van der Waals surface area contributed by atoms with E-state index in [9.17, 15) is 15.2 Å². The van der Waals surface area contributed by atoms with Gasteiger partial charge in [0.2, 0.25) is 0 Å². The number of nitrogens with zero attached hydrogens (tertiary/aromatic N) is 1. The van der Waals surface area contributed by atoms with Crippen LogP contribution in [0.15, 0.2) is 34.7 Å². The van der Waals surface area contributed by atoms with Crippen LogP contribution in [0.4, 0.5) is 0 Å². The lowest BCUT2D eigenvalue weighted by Crippen LogP contribution is -2.31. The molecule has 1 heterocycles. The Morgan fingerprint density at radius 1 is 1.42 bits per heavy atom. The highest BCUT2D eigenvalue weighted by atomic mass is 35.5. The number of dihydropyridines is 1. The molecule has 0 bridgehead atoms. The Morgan fingerprint density at radius 3 is 2.83 bits per heavy atom. The first kappa shape index (κ1) is 16.4. The van der Waals surface area contributed by atoms with Gasteiger partial charge in [0.05, 0.1) is 29.7 Å². The van der Waals surface area contributed by atoms with Gasteiger partial charge in [-0.3, -0.25) is 4.79 Å². The Kier molecular flexibility index (Phi) is 4.25. The molecule has 1 atom stereocenters. The summed E-state index contributed by atoms with van der Waals surface area (Å²) in [6, 6.07) is 5.49. The maximum absolute atomic E-state index is 12.5. The van der Waals surface area contributed by atoms with E-state index in [1.54, 1.807) is 12.1 Å². The van der Waals surface area contributed by atoms with E-state index in [0.29, 0.717) is 28.8 Å². The van der Waals surface area contributed by atoms with E-state index < -0.39 is 5.92 Å². The predicted octanol–water partition coefficient (Wildman–Crippen LogP) is 3.55. The van der Waals surface area contributed by atoms with Crippen molar-refractivity contribution >= 4 is 17.4 Å². The fourth-order valence-electron chi connectivity index (χ4n) is 3.39. The van der Waals surface area contributed by atoms with Crippen molar-refractivity contribution in [2.45, 2.75) is 32.1 Å². The second-order valence-electron chi connectivity index (χ2n) is 5.90. The molecule has 2 N–H and O–H groups in total. The number of nitriles is 1. The van der Waals surface area contributed by atoms with Crippen LogP contribution in [-0.2, 0) is 4.79 Å². The predicted molar refractivity (Wildman–Crippen MR) is 89.7 cm³/mol. The quantitative estimate of drug-likeness (QED) is 0.857. The van der Waals surface area contributed by atoms with Crippen LogP contribution in [0.3, 0.4) is 0 Å². The van der Waals surface area contributed by atoms with Crippen molar-refractivity contribution < 1.29 is 14.6 Å². The summed E-state index contributed by atoms with van der Waals surface area (Å²) >= 11 is 6.34. The molecule has 0 spiro atoms. The number of rotatable bonds is 2. The summed E-state index contributed by atoms with van der Waals surface area (Å²) in [6.07, 6.45) is 2.00. The number of allylic oxidation sites excluding steroid dienone is 4. The van der Waals surface area contributed by atoms with Gasteiger partial charge in [-0.25, -0.2) is 0 Å². The third-order valence-corrected chi connectivity index (χ3v) is 4.93. The van der Waals surface area contributed by atoms with Crippen LogP contribution in [0, 0.1) is 11.3 Å². The maximum atomic E-state index is 12.5. The largest absolute Gasteiger partial charge is 0.503 e. The number of halogens is 1. The fourth-order valence-corrected chi connectivity index (χ4v) is 3.66. The zero-order valence-corrected chi connectivity index (χ0v) is 14.2. The van der Waals surface area contributed by atoms with E-state index >= 15 is 0 Å². The molecule has 6 heteroatoms. The molecular formula is C18H17ClN2O3. The van der Waals surface area contributed by atoms with Gasteiger partial charge in [-0.2, -0.15) is 5.26 Å². The minimum absolute atomic E-state index is 0.0142. The van der Waals surface area contributed by atoms with Crippen molar-refractivity contribution in [3.8, 4) is 17.6 Å². The molecular weight excluding hydrogens is 328 g/mol. The topological polar surface area (TPSA) is 82.3 Å². The van der Waals surface area contributed by atoms with Gasteiger partial charge in [0.25, 0.3) is 0 Å². The van der Waals surface area contributed by atoms with Gasteiger partial charge in [0.1, 0.15) is 0 Å². The van der Waals surface area contributed by atoms with E-state index in [2.05, 4.69) is 11.4 Å². The molecule has 1 aromatic carbocycles. The molecule has 1 aliphatic carbocycles. The number of carbonyl (C=O) groups is 1. The number of Topliss-reactive ketones (excluding diaryl/α,β-unsaturated/α-hetero) is 1. The number of phenolic OH excluding ortho intramolecular Hbond substituents is 1. The van der Waals surface area contributed by atoms with E-state index in [1.807, 2.05) is 6.92 Å². The number of methoxy groups -OCH3 is 1. The summed E-state index contributed by atoms with van der Waals surface area (Å²) in [5.41, 5.74) is 3.11. The molecule has 0 saturated carbocycles. The van der Waals surface area contributed by atoms with Crippen LogP contribution >= 0.6 is 11.6 Å². The molecule has 24 heavy (non-hydrogen) atoms.